The zero-order chi connectivity index (χ0) is 18.1. The maximum atomic E-state index is 12.5. The Kier molecular flexibility index (Phi) is 5.54. The largest absolute Gasteiger partial charge is 0.322 e. The molecule has 0 saturated carbocycles. The molecule has 2 rings (SSSR count). The number of urea groups is 1. The summed E-state index contributed by atoms with van der Waals surface area (Å²) in [5.74, 6) is 0.469. The molecule has 8 nitrogen and oxygen atoms in total. The Labute approximate surface area is 143 Å². The average Bonchev–Trinajstić information content (AvgIpc) is 2.78. The fraction of sp³-hybridized carbons (Fsp3) is 0.733. The van der Waals surface area contributed by atoms with Crippen LogP contribution in [-0.4, -0.2) is 65.4 Å². The van der Waals surface area contributed by atoms with E-state index in [1.165, 1.54) is 10.6 Å². The Bertz CT molecular complexity index is 698. The van der Waals surface area contributed by atoms with Crippen molar-refractivity contribution < 1.29 is 13.2 Å². The smallest absolute Gasteiger partial charge is 0.319 e. The van der Waals surface area contributed by atoms with E-state index in [1.54, 1.807) is 11.1 Å². The molecule has 1 atom stereocenters. The van der Waals surface area contributed by atoms with Crippen molar-refractivity contribution in [2.45, 2.75) is 40.3 Å². The second kappa shape index (κ2) is 7.10. The lowest BCUT2D eigenvalue weighted by atomic mass is 10.2. The third-order valence-electron chi connectivity index (χ3n) is 4.20. The lowest BCUT2D eigenvalue weighted by Gasteiger charge is -2.38. The maximum Gasteiger partial charge on any atom is 0.322 e. The predicted molar refractivity (Wildman–Crippen MR) is 93.4 cm³/mol. The van der Waals surface area contributed by atoms with Crippen LogP contribution in [-0.2, 0) is 16.6 Å². The van der Waals surface area contributed by atoms with Crippen molar-refractivity contribution in [3.8, 4) is 0 Å². The number of nitrogens with zero attached hydrogens (tertiary/aromatic N) is 4. The molecule has 0 radical (unpaired) electrons. The molecule has 0 aromatic carbocycles. The fourth-order valence-corrected chi connectivity index (χ4v) is 3.71. The Morgan fingerprint density at radius 3 is 2.62 bits per heavy atom. The van der Waals surface area contributed by atoms with E-state index in [0.29, 0.717) is 31.2 Å². The van der Waals surface area contributed by atoms with E-state index in [4.69, 9.17) is 0 Å². The van der Waals surface area contributed by atoms with E-state index in [-0.39, 0.29) is 12.1 Å². The molecule has 24 heavy (non-hydrogen) atoms. The summed E-state index contributed by atoms with van der Waals surface area (Å²) in [6.07, 6.45) is 2.86. The Morgan fingerprint density at radius 1 is 1.42 bits per heavy atom. The second-order valence-corrected chi connectivity index (χ2v) is 8.80. The number of nitrogens with one attached hydrogen (secondary N) is 1. The summed E-state index contributed by atoms with van der Waals surface area (Å²) in [6.45, 7) is 9.82. The van der Waals surface area contributed by atoms with Crippen molar-refractivity contribution in [1.82, 2.24) is 19.0 Å². The number of hydrogen-bond donors (Lipinski definition) is 1. The molecule has 136 valence electrons. The monoisotopic (exact) mass is 357 g/mol. The molecular formula is C15H27N5O3S. The highest BCUT2D eigenvalue weighted by atomic mass is 32.2. The van der Waals surface area contributed by atoms with Crippen LogP contribution in [0, 0.1) is 12.8 Å². The molecule has 1 N–H and O–H groups in total. The normalized spacial score (nSPS) is 19.8. The summed E-state index contributed by atoms with van der Waals surface area (Å²) in [5, 5.41) is 7.21. The molecule has 9 heteroatoms. The zero-order valence-corrected chi connectivity index (χ0v) is 15.8. The number of hydrogen-bond acceptors (Lipinski definition) is 4. The number of aromatic nitrogens is 2. The highest BCUT2D eigenvalue weighted by molar-refractivity contribution is 7.88. The molecule has 0 aliphatic carbocycles. The third-order valence-corrected chi connectivity index (χ3v) is 5.47. The van der Waals surface area contributed by atoms with Crippen LogP contribution in [0.2, 0.25) is 0 Å². The van der Waals surface area contributed by atoms with E-state index >= 15 is 0 Å². The molecule has 0 spiro atoms. The van der Waals surface area contributed by atoms with E-state index in [1.807, 2.05) is 18.5 Å². The van der Waals surface area contributed by atoms with Gasteiger partial charge in [-0.2, -0.15) is 9.40 Å². The van der Waals surface area contributed by atoms with Crippen molar-refractivity contribution in [1.29, 1.82) is 0 Å². The lowest BCUT2D eigenvalue weighted by Crippen LogP contribution is -2.56. The van der Waals surface area contributed by atoms with Crippen LogP contribution in [0.4, 0.5) is 10.5 Å². The fourth-order valence-electron chi connectivity index (χ4n) is 2.81. The van der Waals surface area contributed by atoms with Crippen molar-refractivity contribution >= 4 is 21.7 Å². The number of carbonyl (C=O) groups is 1. The van der Waals surface area contributed by atoms with Crippen LogP contribution in [0.1, 0.15) is 26.5 Å². The van der Waals surface area contributed by atoms with Gasteiger partial charge < -0.3 is 10.2 Å². The molecular weight excluding hydrogens is 330 g/mol. The summed E-state index contributed by atoms with van der Waals surface area (Å²) in [7, 11) is -3.22. The summed E-state index contributed by atoms with van der Waals surface area (Å²) >= 11 is 0. The number of piperazine rings is 1. The summed E-state index contributed by atoms with van der Waals surface area (Å²) in [6, 6.07) is -0.401. The average molecular weight is 357 g/mol. The first kappa shape index (κ1) is 18.7. The van der Waals surface area contributed by atoms with Gasteiger partial charge >= 0.3 is 6.03 Å². The van der Waals surface area contributed by atoms with Crippen molar-refractivity contribution in [3.05, 3.63) is 11.9 Å². The van der Waals surface area contributed by atoms with Crippen LogP contribution < -0.4 is 5.32 Å². The van der Waals surface area contributed by atoms with Gasteiger partial charge in [-0.15, -0.1) is 0 Å². The minimum atomic E-state index is -3.22. The minimum Gasteiger partial charge on any atom is -0.319 e. The number of sulfonamides is 1. The number of amides is 2. The van der Waals surface area contributed by atoms with E-state index in [9.17, 15) is 13.2 Å². The maximum absolute atomic E-state index is 12.5. The van der Waals surface area contributed by atoms with Crippen molar-refractivity contribution in [2.24, 2.45) is 5.92 Å². The number of anilines is 1. The van der Waals surface area contributed by atoms with Gasteiger partial charge in [-0.1, -0.05) is 13.8 Å². The van der Waals surface area contributed by atoms with Gasteiger partial charge in [-0.05, 0) is 19.8 Å². The molecule has 1 aromatic heterocycles. The Balaban J connectivity index is 2.02. The standard InChI is InChI=1S/C15H27N5O3S/c1-11(2)9-20-13(4)14(8-16-20)17-15(21)19-7-6-18(10-12(19)3)24(5,22)23/h8,11-12H,6-7,9-10H2,1-5H3,(H,17,21). The molecule has 2 amide bonds. The topological polar surface area (TPSA) is 87.5 Å². The summed E-state index contributed by atoms with van der Waals surface area (Å²) < 4.78 is 26.6. The van der Waals surface area contributed by atoms with Crippen LogP contribution in [0.15, 0.2) is 6.20 Å². The molecule has 2 heterocycles. The summed E-state index contributed by atoms with van der Waals surface area (Å²) in [4.78, 5) is 14.2. The highest BCUT2D eigenvalue weighted by Crippen LogP contribution is 2.18. The molecule has 1 saturated heterocycles. The highest BCUT2D eigenvalue weighted by Gasteiger charge is 2.31. The molecule has 1 aliphatic heterocycles. The number of carbonyl (C=O) groups excluding carboxylic acids is 1. The van der Waals surface area contributed by atoms with E-state index in [0.717, 1.165) is 12.2 Å². The second-order valence-electron chi connectivity index (χ2n) is 6.81. The van der Waals surface area contributed by atoms with Crippen LogP contribution >= 0.6 is 0 Å². The quantitative estimate of drug-likeness (QED) is 0.881. The molecule has 1 aromatic rings. The third kappa shape index (κ3) is 4.27. The molecule has 1 aliphatic rings. The van der Waals surface area contributed by atoms with Gasteiger partial charge in [0.2, 0.25) is 10.0 Å². The van der Waals surface area contributed by atoms with Gasteiger partial charge in [0.1, 0.15) is 0 Å². The van der Waals surface area contributed by atoms with Gasteiger partial charge in [0.05, 0.1) is 23.8 Å². The van der Waals surface area contributed by atoms with Gasteiger partial charge in [0.15, 0.2) is 0 Å². The number of rotatable bonds is 4. The Hall–Kier alpha value is -1.61. The van der Waals surface area contributed by atoms with Crippen LogP contribution in [0.3, 0.4) is 0 Å². The zero-order valence-electron chi connectivity index (χ0n) is 15.0. The van der Waals surface area contributed by atoms with E-state index < -0.39 is 10.0 Å². The first-order chi connectivity index (χ1) is 11.1. The molecule has 1 fully saturated rings. The Morgan fingerprint density at radius 2 is 2.08 bits per heavy atom. The van der Waals surface area contributed by atoms with Gasteiger partial charge in [0.25, 0.3) is 0 Å². The minimum absolute atomic E-state index is 0.181. The first-order valence-corrected chi connectivity index (χ1v) is 9.99. The van der Waals surface area contributed by atoms with Crippen molar-refractivity contribution in [3.63, 3.8) is 0 Å². The van der Waals surface area contributed by atoms with Crippen molar-refractivity contribution in [2.75, 3.05) is 31.2 Å². The van der Waals surface area contributed by atoms with Crippen LogP contribution in [0.5, 0.6) is 0 Å². The van der Waals surface area contributed by atoms with Gasteiger partial charge in [-0.25, -0.2) is 13.2 Å². The van der Waals surface area contributed by atoms with Crippen LogP contribution in [0.25, 0.3) is 0 Å². The van der Waals surface area contributed by atoms with Gasteiger partial charge in [0, 0.05) is 32.2 Å². The van der Waals surface area contributed by atoms with E-state index in [2.05, 4.69) is 24.3 Å². The molecule has 1 unspecified atom stereocenters. The SMILES string of the molecule is Cc1c(NC(=O)N2CCN(S(C)(=O)=O)CC2C)cnn1CC(C)C. The lowest BCUT2D eigenvalue weighted by molar-refractivity contribution is 0.149. The predicted octanol–water partition coefficient (Wildman–Crippen LogP) is 1.35. The molecule has 0 bridgehead atoms. The van der Waals surface area contributed by atoms with Gasteiger partial charge in [-0.3, -0.25) is 4.68 Å². The summed E-state index contributed by atoms with van der Waals surface area (Å²) in [5.41, 5.74) is 1.61. The first-order valence-electron chi connectivity index (χ1n) is 8.14.